The molecule has 0 unspecified atom stereocenters. The van der Waals surface area contributed by atoms with Crippen LogP contribution in [0.3, 0.4) is 0 Å². The van der Waals surface area contributed by atoms with Crippen LogP contribution in [-0.4, -0.2) is 7.59 Å². The summed E-state index contributed by atoms with van der Waals surface area (Å²) in [6.07, 6.45) is 3.71. The largest absolute Gasteiger partial charge is 0.457 e. The highest BCUT2D eigenvalue weighted by atomic mass is 35.6. The summed E-state index contributed by atoms with van der Waals surface area (Å²) in [6, 6.07) is 27.0. The van der Waals surface area contributed by atoms with Gasteiger partial charge in [0, 0.05) is 11.4 Å². The normalized spacial score (nSPS) is 11.6. The second kappa shape index (κ2) is 12.8. The number of hydrogen-bond acceptors (Lipinski definition) is 6. The number of halogens is 6. The zero-order valence-electron chi connectivity index (χ0n) is 20.7. The van der Waals surface area contributed by atoms with Gasteiger partial charge in [0.2, 0.25) is 7.59 Å². The molecule has 0 spiro atoms. The minimum absolute atomic E-state index is 0.410. The maximum Gasteiger partial charge on any atom is 0.208 e. The first-order valence-electron chi connectivity index (χ1n) is 11.7. The molecular formula is C29H18Cl6N4O2. The molecule has 0 saturated carbocycles. The zero-order chi connectivity index (χ0) is 29.7. The van der Waals surface area contributed by atoms with Crippen LogP contribution >= 0.6 is 69.6 Å². The van der Waals surface area contributed by atoms with Gasteiger partial charge in [0.05, 0.1) is 0 Å². The summed E-state index contributed by atoms with van der Waals surface area (Å²) in [5, 5.41) is 22.6. The van der Waals surface area contributed by atoms with Gasteiger partial charge in [0.15, 0.2) is 12.4 Å². The van der Waals surface area contributed by atoms with E-state index in [0.717, 1.165) is 0 Å². The highest BCUT2D eigenvalue weighted by molar-refractivity contribution is 6.74. The van der Waals surface area contributed by atoms with Crippen molar-refractivity contribution in [3.63, 3.8) is 0 Å². The molecule has 4 rings (SSSR count). The van der Waals surface area contributed by atoms with Crippen LogP contribution in [0.25, 0.3) is 0 Å². The maximum atomic E-state index is 8.74. The average Bonchev–Trinajstić information content (AvgIpc) is 2.92. The molecular weight excluding hydrogens is 649 g/mol. The Hall–Kier alpha value is -3.20. The van der Waals surface area contributed by atoms with Gasteiger partial charge in [-0.1, -0.05) is 93.9 Å². The Labute approximate surface area is 266 Å². The van der Waals surface area contributed by atoms with E-state index in [1.54, 1.807) is 97.1 Å². The van der Waals surface area contributed by atoms with Crippen LogP contribution < -0.4 is 20.1 Å². The van der Waals surface area contributed by atoms with Gasteiger partial charge in [-0.3, -0.25) is 10.6 Å². The van der Waals surface area contributed by atoms with E-state index in [4.69, 9.17) is 89.6 Å². The molecule has 0 aliphatic carbocycles. The smallest absolute Gasteiger partial charge is 0.208 e. The van der Waals surface area contributed by atoms with Gasteiger partial charge in [0.25, 0.3) is 0 Å². The summed E-state index contributed by atoms with van der Waals surface area (Å²) in [4.78, 5) is 0. The molecule has 0 heterocycles. The molecule has 0 radical (unpaired) electrons. The Balaban J connectivity index is 1.65. The van der Waals surface area contributed by atoms with Gasteiger partial charge in [-0.2, -0.15) is 10.5 Å². The van der Waals surface area contributed by atoms with Crippen LogP contribution in [0, 0.1) is 22.9 Å². The molecule has 0 bridgehead atoms. The third-order valence-electron chi connectivity index (χ3n) is 6.01. The van der Waals surface area contributed by atoms with E-state index in [9.17, 15) is 0 Å². The monoisotopic (exact) mass is 664 g/mol. The van der Waals surface area contributed by atoms with E-state index < -0.39 is 13.0 Å². The van der Waals surface area contributed by atoms with Crippen LogP contribution in [0.4, 0.5) is 11.4 Å². The average molecular weight is 667 g/mol. The van der Waals surface area contributed by atoms with Crippen LogP contribution in [-0.2, 0) is 5.41 Å². The number of ether oxygens (including phenoxy) is 2. The van der Waals surface area contributed by atoms with Crippen molar-refractivity contribution >= 4 is 81.0 Å². The van der Waals surface area contributed by atoms with Gasteiger partial charge in [-0.25, -0.2) is 0 Å². The van der Waals surface area contributed by atoms with Crippen molar-refractivity contribution < 1.29 is 9.47 Å². The van der Waals surface area contributed by atoms with Crippen molar-refractivity contribution in [2.75, 3.05) is 10.6 Å². The van der Waals surface area contributed by atoms with E-state index in [1.807, 2.05) is 12.4 Å². The summed E-state index contributed by atoms with van der Waals surface area (Å²) < 4.78 is 7.58. The number of rotatable bonds is 8. The predicted octanol–water partition coefficient (Wildman–Crippen LogP) is 10.1. The van der Waals surface area contributed by atoms with E-state index in [0.29, 0.717) is 45.5 Å². The number of alkyl halides is 6. The third kappa shape index (κ3) is 6.83. The van der Waals surface area contributed by atoms with Crippen LogP contribution in [0.1, 0.15) is 11.1 Å². The summed E-state index contributed by atoms with van der Waals surface area (Å²) in [5.41, 5.74) is 0.335. The number of anilines is 2. The van der Waals surface area contributed by atoms with Gasteiger partial charge in [0.1, 0.15) is 28.4 Å². The lowest BCUT2D eigenvalue weighted by molar-refractivity contribution is 0.478. The molecule has 208 valence electrons. The van der Waals surface area contributed by atoms with Crippen LogP contribution in [0.5, 0.6) is 23.0 Å². The number of hydrogen-bond donors (Lipinski definition) is 2. The first kappa shape index (κ1) is 30.8. The lowest BCUT2D eigenvalue weighted by atomic mass is 9.76. The number of nitrogens with zero attached hydrogens (tertiary/aromatic N) is 2. The molecule has 12 heteroatoms. The standard InChI is InChI=1S/C29H18Cl6N4O2/c30-28(31,32)27(29(33,34)35,19-1-9-23(10-2-19)40-25-13-5-21(6-14-25)38-17-36)20-3-11-24(12-4-20)41-26-15-7-22(8-16-26)39-18-37/h1-16,38-39H. The SMILES string of the molecule is N#CNc1ccc(Oc2ccc(C(c3ccc(Oc4ccc(NC#N)cc4)cc3)(C(Cl)(Cl)Cl)C(Cl)(Cl)Cl)cc2)cc1. The molecule has 0 atom stereocenters. The highest BCUT2D eigenvalue weighted by Crippen LogP contribution is 2.62. The molecule has 0 saturated heterocycles. The number of nitrogens with one attached hydrogen (secondary N) is 2. The number of nitriles is 2. The Morgan fingerprint density at radius 3 is 0.976 bits per heavy atom. The first-order chi connectivity index (χ1) is 19.5. The molecule has 0 fully saturated rings. The predicted molar refractivity (Wildman–Crippen MR) is 166 cm³/mol. The van der Waals surface area contributed by atoms with Gasteiger partial charge in [-0.15, -0.1) is 0 Å². The molecule has 4 aromatic carbocycles. The van der Waals surface area contributed by atoms with E-state index in [1.165, 1.54) is 0 Å². The van der Waals surface area contributed by atoms with Crippen LogP contribution in [0.15, 0.2) is 97.1 Å². The van der Waals surface area contributed by atoms with Crippen molar-refractivity contribution in [2.24, 2.45) is 0 Å². The second-order valence-electron chi connectivity index (χ2n) is 8.52. The fourth-order valence-electron chi connectivity index (χ4n) is 4.14. The lowest BCUT2D eigenvalue weighted by Gasteiger charge is -2.45. The Bertz CT molecular complexity index is 1430. The van der Waals surface area contributed by atoms with E-state index in [2.05, 4.69) is 10.6 Å². The van der Waals surface area contributed by atoms with Gasteiger partial charge >= 0.3 is 0 Å². The van der Waals surface area contributed by atoms with Crippen LogP contribution in [0.2, 0.25) is 0 Å². The van der Waals surface area contributed by atoms with E-state index in [-0.39, 0.29) is 0 Å². The fourth-order valence-corrected chi connectivity index (χ4v) is 6.74. The molecule has 6 nitrogen and oxygen atoms in total. The van der Waals surface area contributed by atoms with Gasteiger partial charge < -0.3 is 9.47 Å². The first-order valence-corrected chi connectivity index (χ1v) is 14.0. The second-order valence-corrected chi connectivity index (χ2v) is 13.1. The summed E-state index contributed by atoms with van der Waals surface area (Å²) in [7, 11) is 0. The fraction of sp³-hybridized carbons (Fsp3) is 0.103. The molecule has 41 heavy (non-hydrogen) atoms. The zero-order valence-corrected chi connectivity index (χ0v) is 25.3. The Kier molecular flexibility index (Phi) is 9.57. The minimum atomic E-state index is -2.11. The Morgan fingerprint density at radius 2 is 0.732 bits per heavy atom. The van der Waals surface area contributed by atoms with Crippen molar-refractivity contribution in [3.05, 3.63) is 108 Å². The summed E-state index contributed by atoms with van der Waals surface area (Å²) in [5.74, 6) is 2.05. The van der Waals surface area contributed by atoms with Crippen molar-refractivity contribution in [3.8, 4) is 35.4 Å². The van der Waals surface area contributed by atoms with Crippen molar-refractivity contribution in [1.82, 2.24) is 0 Å². The van der Waals surface area contributed by atoms with Crippen molar-refractivity contribution in [2.45, 2.75) is 13.0 Å². The summed E-state index contributed by atoms with van der Waals surface area (Å²) >= 11 is 39.5. The maximum absolute atomic E-state index is 8.74. The quantitative estimate of drug-likeness (QED) is 0.111. The summed E-state index contributed by atoms with van der Waals surface area (Å²) in [6.45, 7) is 0. The molecule has 0 aliphatic heterocycles. The van der Waals surface area contributed by atoms with E-state index >= 15 is 0 Å². The van der Waals surface area contributed by atoms with Crippen molar-refractivity contribution in [1.29, 1.82) is 10.5 Å². The molecule has 2 N–H and O–H groups in total. The Morgan fingerprint density at radius 1 is 0.463 bits per heavy atom. The molecule has 4 aromatic rings. The highest BCUT2D eigenvalue weighted by Gasteiger charge is 2.63. The number of benzene rings is 4. The third-order valence-corrected chi connectivity index (χ3v) is 7.71. The molecule has 0 amide bonds. The van der Waals surface area contributed by atoms with Gasteiger partial charge in [-0.05, 0) is 83.9 Å². The molecule has 0 aliphatic rings. The topological polar surface area (TPSA) is 90.1 Å². The molecule has 0 aromatic heterocycles. The minimum Gasteiger partial charge on any atom is -0.457 e. The lowest BCUT2D eigenvalue weighted by Crippen LogP contribution is -2.51.